The van der Waals surface area contributed by atoms with Crippen LogP contribution in [0.15, 0.2) is 12.1 Å². The second kappa shape index (κ2) is 6.02. The molecule has 2 heterocycles. The summed E-state index contributed by atoms with van der Waals surface area (Å²) < 4.78 is 5.51. The third kappa shape index (κ3) is 3.44. The van der Waals surface area contributed by atoms with Gasteiger partial charge in [-0.1, -0.05) is 0 Å². The Bertz CT molecular complexity index is 455. The average Bonchev–Trinajstić information content (AvgIpc) is 2.39. The Labute approximate surface area is 114 Å². The van der Waals surface area contributed by atoms with Gasteiger partial charge in [-0.2, -0.15) is 0 Å². The van der Waals surface area contributed by atoms with E-state index in [1.165, 1.54) is 6.42 Å². The molecule has 0 radical (unpaired) electrons. The average molecular weight is 262 g/mol. The van der Waals surface area contributed by atoms with E-state index in [9.17, 15) is 0 Å². The Hall–Kier alpha value is -1.62. The van der Waals surface area contributed by atoms with E-state index in [0.717, 1.165) is 37.7 Å². The minimum atomic E-state index is 0.0641. The predicted octanol–water partition coefficient (Wildman–Crippen LogP) is 1.54. The number of anilines is 1. The summed E-state index contributed by atoms with van der Waals surface area (Å²) in [7, 11) is 2.00. The fourth-order valence-electron chi connectivity index (χ4n) is 2.47. The van der Waals surface area contributed by atoms with Gasteiger partial charge in [0, 0.05) is 25.9 Å². The molecule has 5 nitrogen and oxygen atoms in total. The van der Waals surface area contributed by atoms with Crippen LogP contribution in [0.5, 0.6) is 0 Å². The number of aromatic nitrogens is 1. The summed E-state index contributed by atoms with van der Waals surface area (Å²) in [5.41, 5.74) is 7.26. The van der Waals surface area contributed by atoms with Gasteiger partial charge in [-0.15, -0.1) is 0 Å². The fraction of sp³-hybridized carbons (Fsp3) is 0.571. The van der Waals surface area contributed by atoms with Crippen molar-refractivity contribution in [3.63, 3.8) is 0 Å². The Morgan fingerprint density at radius 1 is 1.58 bits per heavy atom. The molecule has 1 aromatic heterocycles. The van der Waals surface area contributed by atoms with Gasteiger partial charge in [-0.3, -0.25) is 5.41 Å². The quantitative estimate of drug-likeness (QED) is 0.637. The van der Waals surface area contributed by atoms with E-state index < -0.39 is 0 Å². The normalized spacial score (nSPS) is 19.2. The van der Waals surface area contributed by atoms with Crippen LogP contribution < -0.4 is 10.6 Å². The van der Waals surface area contributed by atoms with Crippen LogP contribution in [-0.2, 0) is 4.74 Å². The van der Waals surface area contributed by atoms with Crippen molar-refractivity contribution in [2.24, 2.45) is 11.7 Å². The highest BCUT2D eigenvalue weighted by molar-refractivity contribution is 5.99. The summed E-state index contributed by atoms with van der Waals surface area (Å²) in [6, 6.07) is 3.76. The zero-order valence-corrected chi connectivity index (χ0v) is 11.6. The molecular weight excluding hydrogens is 240 g/mol. The lowest BCUT2D eigenvalue weighted by Gasteiger charge is -2.28. The third-order valence-corrected chi connectivity index (χ3v) is 3.45. The van der Waals surface area contributed by atoms with Crippen LogP contribution in [0.4, 0.5) is 5.82 Å². The summed E-state index contributed by atoms with van der Waals surface area (Å²) in [6.07, 6.45) is 2.31. The van der Waals surface area contributed by atoms with Crippen LogP contribution in [0.1, 0.15) is 24.1 Å². The van der Waals surface area contributed by atoms with Gasteiger partial charge in [0.05, 0.1) is 12.2 Å². The molecule has 104 valence electrons. The Morgan fingerprint density at radius 3 is 3.00 bits per heavy atom. The molecule has 5 heteroatoms. The number of nitrogens with zero attached hydrogens (tertiary/aromatic N) is 2. The molecule has 1 unspecified atom stereocenters. The van der Waals surface area contributed by atoms with Gasteiger partial charge in [-0.25, -0.2) is 4.98 Å². The minimum Gasteiger partial charge on any atom is -0.384 e. The lowest BCUT2D eigenvalue weighted by molar-refractivity contribution is 0.0576. The SMILES string of the molecule is Cc1ccc(C(=N)N)c(N(C)CC2CCCOC2)n1. The molecule has 1 atom stereocenters. The monoisotopic (exact) mass is 262 g/mol. The number of hydrogen-bond donors (Lipinski definition) is 2. The van der Waals surface area contributed by atoms with Crippen molar-refractivity contribution in [2.45, 2.75) is 19.8 Å². The zero-order chi connectivity index (χ0) is 13.8. The summed E-state index contributed by atoms with van der Waals surface area (Å²) in [6.45, 7) is 4.52. The van der Waals surface area contributed by atoms with Gasteiger partial charge in [0.15, 0.2) is 0 Å². The van der Waals surface area contributed by atoms with Gasteiger partial charge in [0.25, 0.3) is 0 Å². The highest BCUT2D eigenvalue weighted by atomic mass is 16.5. The van der Waals surface area contributed by atoms with E-state index in [0.29, 0.717) is 11.5 Å². The standard InChI is InChI=1S/C14H22N4O/c1-10-5-6-12(13(15)16)14(17-10)18(2)8-11-4-3-7-19-9-11/h5-6,11H,3-4,7-9H2,1-2H3,(H3,15,16). The Kier molecular flexibility index (Phi) is 4.37. The second-order valence-electron chi connectivity index (χ2n) is 5.20. The number of aryl methyl sites for hydroxylation is 1. The van der Waals surface area contributed by atoms with E-state index >= 15 is 0 Å². The molecule has 0 bridgehead atoms. The number of rotatable bonds is 4. The number of pyridine rings is 1. The van der Waals surface area contributed by atoms with E-state index in [-0.39, 0.29) is 5.84 Å². The molecular formula is C14H22N4O. The maximum absolute atomic E-state index is 7.65. The first-order valence-electron chi connectivity index (χ1n) is 6.69. The van der Waals surface area contributed by atoms with Crippen LogP contribution in [-0.4, -0.2) is 37.6 Å². The summed E-state index contributed by atoms with van der Waals surface area (Å²) in [5, 5.41) is 7.65. The summed E-state index contributed by atoms with van der Waals surface area (Å²) >= 11 is 0. The first-order valence-corrected chi connectivity index (χ1v) is 6.69. The van der Waals surface area contributed by atoms with Crippen molar-refractivity contribution in [3.8, 4) is 0 Å². The second-order valence-corrected chi connectivity index (χ2v) is 5.20. The van der Waals surface area contributed by atoms with Crippen molar-refractivity contribution in [3.05, 3.63) is 23.4 Å². The molecule has 0 aromatic carbocycles. The van der Waals surface area contributed by atoms with E-state index in [2.05, 4.69) is 9.88 Å². The molecule has 1 aromatic rings. The lowest BCUT2D eigenvalue weighted by atomic mass is 10.0. The molecule has 2 rings (SSSR count). The van der Waals surface area contributed by atoms with E-state index in [4.69, 9.17) is 15.9 Å². The third-order valence-electron chi connectivity index (χ3n) is 3.45. The molecule has 1 saturated heterocycles. The van der Waals surface area contributed by atoms with E-state index in [1.807, 2.05) is 26.1 Å². The van der Waals surface area contributed by atoms with E-state index in [1.54, 1.807) is 0 Å². The zero-order valence-electron chi connectivity index (χ0n) is 11.6. The van der Waals surface area contributed by atoms with Crippen molar-refractivity contribution in [1.29, 1.82) is 5.41 Å². The van der Waals surface area contributed by atoms with Crippen molar-refractivity contribution >= 4 is 11.7 Å². The van der Waals surface area contributed by atoms with Crippen molar-refractivity contribution in [2.75, 3.05) is 31.7 Å². The first kappa shape index (κ1) is 13.8. The molecule has 3 N–H and O–H groups in total. The predicted molar refractivity (Wildman–Crippen MR) is 76.8 cm³/mol. The van der Waals surface area contributed by atoms with Gasteiger partial charge in [-0.05, 0) is 37.8 Å². The number of amidine groups is 1. The fourth-order valence-corrected chi connectivity index (χ4v) is 2.47. The highest BCUT2D eigenvalue weighted by Crippen LogP contribution is 2.21. The van der Waals surface area contributed by atoms with Crippen LogP contribution in [0.25, 0.3) is 0 Å². The molecule has 0 saturated carbocycles. The first-order chi connectivity index (χ1) is 9.08. The lowest BCUT2D eigenvalue weighted by Crippen LogP contribution is -2.32. The number of nitrogens with one attached hydrogen (secondary N) is 1. The molecule has 0 aliphatic carbocycles. The number of nitrogen functional groups attached to an aromatic ring is 1. The van der Waals surface area contributed by atoms with Crippen LogP contribution in [0.2, 0.25) is 0 Å². The van der Waals surface area contributed by atoms with Crippen LogP contribution in [0, 0.1) is 18.3 Å². The molecule has 1 aliphatic rings. The number of hydrogen-bond acceptors (Lipinski definition) is 4. The molecule has 0 spiro atoms. The minimum absolute atomic E-state index is 0.0641. The molecule has 0 amide bonds. The highest BCUT2D eigenvalue weighted by Gasteiger charge is 2.19. The summed E-state index contributed by atoms with van der Waals surface area (Å²) in [4.78, 5) is 6.61. The van der Waals surface area contributed by atoms with Crippen molar-refractivity contribution < 1.29 is 4.74 Å². The smallest absolute Gasteiger partial charge is 0.139 e. The van der Waals surface area contributed by atoms with Gasteiger partial charge < -0.3 is 15.4 Å². The van der Waals surface area contributed by atoms with Gasteiger partial charge >= 0.3 is 0 Å². The number of nitrogens with two attached hydrogens (primary N) is 1. The Balaban J connectivity index is 2.14. The maximum atomic E-state index is 7.65. The molecule has 1 aliphatic heterocycles. The maximum Gasteiger partial charge on any atom is 0.139 e. The van der Waals surface area contributed by atoms with Crippen LogP contribution >= 0.6 is 0 Å². The van der Waals surface area contributed by atoms with Gasteiger partial charge in [0.1, 0.15) is 11.7 Å². The van der Waals surface area contributed by atoms with Crippen molar-refractivity contribution in [1.82, 2.24) is 4.98 Å². The van der Waals surface area contributed by atoms with Crippen LogP contribution in [0.3, 0.4) is 0 Å². The largest absolute Gasteiger partial charge is 0.384 e. The molecule has 1 fully saturated rings. The topological polar surface area (TPSA) is 75.2 Å². The van der Waals surface area contributed by atoms with Gasteiger partial charge in [0.2, 0.25) is 0 Å². The number of ether oxygens (including phenoxy) is 1. The molecule has 19 heavy (non-hydrogen) atoms. The Morgan fingerprint density at radius 2 is 2.37 bits per heavy atom. The summed E-state index contributed by atoms with van der Waals surface area (Å²) in [5.74, 6) is 1.38.